The van der Waals surface area contributed by atoms with Crippen LogP contribution in [0.25, 0.3) is 0 Å². The Kier molecular flexibility index (Phi) is 7.10. The lowest BCUT2D eigenvalue weighted by atomic mass is 9.92. The quantitative estimate of drug-likeness (QED) is 0.774. The third kappa shape index (κ3) is 4.61. The van der Waals surface area contributed by atoms with Gasteiger partial charge in [-0.05, 0) is 73.5 Å². The summed E-state index contributed by atoms with van der Waals surface area (Å²) in [7, 11) is 0. The molecule has 19 heavy (non-hydrogen) atoms. The van der Waals surface area contributed by atoms with Crippen molar-refractivity contribution in [2.24, 2.45) is 5.92 Å². The first kappa shape index (κ1) is 16.7. The minimum absolute atomic E-state index is 0. The molecular weight excluding hydrogens is 375 g/mol. The van der Waals surface area contributed by atoms with Gasteiger partial charge in [-0.15, -0.1) is 12.4 Å². The zero-order valence-corrected chi connectivity index (χ0v) is 14.0. The highest BCUT2D eigenvalue weighted by molar-refractivity contribution is 14.1. The van der Waals surface area contributed by atoms with Gasteiger partial charge < -0.3 is 10.6 Å². The van der Waals surface area contributed by atoms with Gasteiger partial charge in [-0.25, -0.2) is 0 Å². The lowest BCUT2D eigenvalue weighted by molar-refractivity contribution is 0.0921. The van der Waals surface area contributed by atoms with Crippen LogP contribution in [0.4, 0.5) is 0 Å². The van der Waals surface area contributed by atoms with E-state index in [0.29, 0.717) is 5.92 Å². The number of halogens is 2. The molecule has 1 heterocycles. The molecule has 0 aliphatic carbocycles. The summed E-state index contributed by atoms with van der Waals surface area (Å²) in [5.74, 6) is 0.585. The summed E-state index contributed by atoms with van der Waals surface area (Å²) < 4.78 is 1.00. The first-order valence-electron chi connectivity index (χ1n) is 6.44. The average molecular weight is 395 g/mol. The molecule has 5 heteroatoms. The highest BCUT2D eigenvalue weighted by Gasteiger charge is 2.22. The van der Waals surface area contributed by atoms with Gasteiger partial charge in [-0.2, -0.15) is 0 Å². The van der Waals surface area contributed by atoms with E-state index >= 15 is 0 Å². The second-order valence-electron chi connectivity index (χ2n) is 4.85. The number of rotatable bonds is 3. The van der Waals surface area contributed by atoms with Crippen molar-refractivity contribution in [3.63, 3.8) is 0 Å². The molecule has 1 amide bonds. The number of carbonyl (C=O) groups is 1. The SMILES string of the molecule is CC(NC(=O)c1ccccc1I)C1CCCNC1.Cl. The Balaban J connectivity index is 0.00000180. The Morgan fingerprint density at radius 3 is 2.84 bits per heavy atom. The van der Waals surface area contributed by atoms with Gasteiger partial charge in [-0.3, -0.25) is 4.79 Å². The summed E-state index contributed by atoms with van der Waals surface area (Å²) >= 11 is 2.20. The fraction of sp³-hybridized carbons (Fsp3) is 0.500. The van der Waals surface area contributed by atoms with E-state index in [-0.39, 0.29) is 24.4 Å². The molecular formula is C14H20ClIN2O. The van der Waals surface area contributed by atoms with Gasteiger partial charge in [-0.1, -0.05) is 12.1 Å². The van der Waals surface area contributed by atoms with Crippen LogP contribution in [-0.2, 0) is 0 Å². The van der Waals surface area contributed by atoms with Gasteiger partial charge >= 0.3 is 0 Å². The zero-order valence-electron chi connectivity index (χ0n) is 11.0. The van der Waals surface area contributed by atoms with Crippen molar-refractivity contribution >= 4 is 40.9 Å². The zero-order chi connectivity index (χ0) is 13.0. The van der Waals surface area contributed by atoms with Crippen LogP contribution in [0.15, 0.2) is 24.3 Å². The van der Waals surface area contributed by atoms with Crippen LogP contribution in [0.3, 0.4) is 0 Å². The molecule has 106 valence electrons. The second kappa shape index (κ2) is 8.07. The molecule has 2 unspecified atom stereocenters. The van der Waals surface area contributed by atoms with Crippen molar-refractivity contribution in [2.75, 3.05) is 13.1 Å². The summed E-state index contributed by atoms with van der Waals surface area (Å²) in [5, 5.41) is 6.51. The summed E-state index contributed by atoms with van der Waals surface area (Å²) in [6, 6.07) is 7.92. The van der Waals surface area contributed by atoms with Crippen molar-refractivity contribution in [3.05, 3.63) is 33.4 Å². The van der Waals surface area contributed by atoms with Crippen molar-refractivity contribution < 1.29 is 4.79 Å². The number of piperidine rings is 1. The molecule has 2 rings (SSSR count). The third-order valence-electron chi connectivity index (χ3n) is 3.52. The van der Waals surface area contributed by atoms with Crippen molar-refractivity contribution in [1.29, 1.82) is 0 Å². The summed E-state index contributed by atoms with van der Waals surface area (Å²) in [6.45, 7) is 4.21. The Morgan fingerprint density at radius 2 is 2.21 bits per heavy atom. The van der Waals surface area contributed by atoms with Crippen LogP contribution < -0.4 is 10.6 Å². The summed E-state index contributed by atoms with van der Waals surface area (Å²) in [4.78, 5) is 12.2. The van der Waals surface area contributed by atoms with Crippen LogP contribution in [0.5, 0.6) is 0 Å². The molecule has 1 aliphatic heterocycles. The lowest BCUT2D eigenvalue weighted by Crippen LogP contribution is -2.44. The van der Waals surface area contributed by atoms with Gasteiger partial charge in [0.1, 0.15) is 0 Å². The van der Waals surface area contributed by atoms with Gasteiger partial charge in [0.15, 0.2) is 0 Å². The van der Waals surface area contributed by atoms with E-state index in [1.165, 1.54) is 12.8 Å². The minimum atomic E-state index is 0. The van der Waals surface area contributed by atoms with Gasteiger partial charge in [0.2, 0.25) is 0 Å². The topological polar surface area (TPSA) is 41.1 Å². The van der Waals surface area contributed by atoms with E-state index < -0.39 is 0 Å². The predicted molar refractivity (Wildman–Crippen MR) is 88.9 cm³/mol. The van der Waals surface area contributed by atoms with Crippen LogP contribution in [0.2, 0.25) is 0 Å². The van der Waals surface area contributed by atoms with Gasteiger partial charge in [0, 0.05) is 9.61 Å². The molecule has 0 saturated carbocycles. The Bertz CT molecular complexity index is 422. The van der Waals surface area contributed by atoms with E-state index in [1.54, 1.807) is 0 Å². The smallest absolute Gasteiger partial charge is 0.252 e. The molecule has 1 aliphatic rings. The maximum absolute atomic E-state index is 12.2. The molecule has 0 bridgehead atoms. The van der Waals surface area contributed by atoms with Gasteiger partial charge in [0.05, 0.1) is 5.56 Å². The van der Waals surface area contributed by atoms with Crippen LogP contribution >= 0.6 is 35.0 Å². The Hall–Kier alpha value is -0.330. The number of nitrogens with one attached hydrogen (secondary N) is 2. The van der Waals surface area contributed by atoms with E-state index in [0.717, 1.165) is 22.2 Å². The second-order valence-corrected chi connectivity index (χ2v) is 6.01. The van der Waals surface area contributed by atoms with Gasteiger partial charge in [0.25, 0.3) is 5.91 Å². The Labute approximate surface area is 134 Å². The van der Waals surface area contributed by atoms with E-state index in [1.807, 2.05) is 24.3 Å². The number of hydrogen-bond donors (Lipinski definition) is 2. The molecule has 1 saturated heterocycles. The van der Waals surface area contributed by atoms with Crippen molar-refractivity contribution in [2.45, 2.75) is 25.8 Å². The van der Waals surface area contributed by atoms with E-state index in [2.05, 4.69) is 40.1 Å². The average Bonchev–Trinajstić information content (AvgIpc) is 2.40. The van der Waals surface area contributed by atoms with Crippen molar-refractivity contribution in [3.8, 4) is 0 Å². The fourth-order valence-corrected chi connectivity index (χ4v) is 2.99. The fourth-order valence-electron chi connectivity index (χ4n) is 2.35. The molecule has 1 aromatic carbocycles. The number of amides is 1. The summed E-state index contributed by atoms with van der Waals surface area (Å²) in [5.41, 5.74) is 0.772. The lowest BCUT2D eigenvalue weighted by Gasteiger charge is -2.29. The highest BCUT2D eigenvalue weighted by atomic mass is 127. The first-order chi connectivity index (χ1) is 8.68. The minimum Gasteiger partial charge on any atom is -0.349 e. The van der Waals surface area contributed by atoms with E-state index in [4.69, 9.17) is 0 Å². The van der Waals surface area contributed by atoms with E-state index in [9.17, 15) is 4.79 Å². The molecule has 2 atom stereocenters. The van der Waals surface area contributed by atoms with Crippen LogP contribution in [0, 0.1) is 9.49 Å². The highest BCUT2D eigenvalue weighted by Crippen LogP contribution is 2.16. The maximum atomic E-state index is 12.2. The summed E-state index contributed by atoms with van der Waals surface area (Å²) in [6.07, 6.45) is 2.40. The molecule has 2 N–H and O–H groups in total. The predicted octanol–water partition coefficient (Wildman–Crippen LogP) is 2.83. The third-order valence-corrected chi connectivity index (χ3v) is 4.46. The van der Waals surface area contributed by atoms with Crippen molar-refractivity contribution in [1.82, 2.24) is 10.6 Å². The maximum Gasteiger partial charge on any atom is 0.252 e. The molecule has 0 spiro atoms. The van der Waals surface area contributed by atoms with Crippen LogP contribution in [0.1, 0.15) is 30.1 Å². The molecule has 1 aromatic rings. The number of hydrogen-bond acceptors (Lipinski definition) is 2. The molecule has 1 fully saturated rings. The standard InChI is InChI=1S/C14H19IN2O.ClH/c1-10(11-5-4-8-16-9-11)17-14(18)12-6-2-3-7-13(12)15;/h2-3,6-7,10-11,16H,4-5,8-9H2,1H3,(H,17,18);1H. The largest absolute Gasteiger partial charge is 0.349 e. The normalized spacial score (nSPS) is 20.2. The molecule has 3 nitrogen and oxygen atoms in total. The number of carbonyl (C=O) groups excluding carboxylic acids is 1. The Morgan fingerprint density at radius 1 is 1.47 bits per heavy atom. The number of benzene rings is 1. The first-order valence-corrected chi connectivity index (χ1v) is 7.52. The monoisotopic (exact) mass is 394 g/mol. The molecule has 0 radical (unpaired) electrons. The van der Waals surface area contributed by atoms with Crippen LogP contribution in [-0.4, -0.2) is 25.0 Å². The molecule has 0 aromatic heterocycles.